The fourth-order valence-corrected chi connectivity index (χ4v) is 2.06. The Kier molecular flexibility index (Phi) is 3.83. The molecular formula is C13H18F2. The summed E-state index contributed by atoms with van der Waals surface area (Å²) in [7, 11) is 0. The van der Waals surface area contributed by atoms with Crippen LogP contribution in [-0.2, 0) is 0 Å². The molecule has 1 rings (SSSR count). The van der Waals surface area contributed by atoms with E-state index in [4.69, 9.17) is 0 Å². The molecule has 0 aromatic heterocycles. The highest BCUT2D eigenvalue weighted by Crippen LogP contribution is 2.29. The molecule has 1 aromatic carbocycles. The summed E-state index contributed by atoms with van der Waals surface area (Å²) in [5.41, 5.74) is 1.30. The lowest BCUT2D eigenvalue weighted by atomic mass is 9.85. The van der Waals surface area contributed by atoms with E-state index in [0.29, 0.717) is 17.4 Å². The maximum absolute atomic E-state index is 13.2. The molecule has 0 bridgehead atoms. The molecular weight excluding hydrogens is 194 g/mol. The van der Waals surface area contributed by atoms with E-state index >= 15 is 0 Å². The second-order valence-electron chi connectivity index (χ2n) is 4.39. The predicted octanol–water partition coefficient (Wildman–Crippen LogP) is 4.42. The zero-order valence-electron chi connectivity index (χ0n) is 9.77. The first kappa shape index (κ1) is 12.2. The van der Waals surface area contributed by atoms with Crippen LogP contribution in [0.3, 0.4) is 0 Å². The summed E-state index contributed by atoms with van der Waals surface area (Å²) in [5, 5.41) is 0. The largest absolute Gasteiger partial charge is 0.204 e. The van der Waals surface area contributed by atoms with Crippen LogP contribution in [0, 0.1) is 24.5 Å². The lowest BCUT2D eigenvalue weighted by Gasteiger charge is -2.20. The number of aryl methyl sites for hydroxylation is 1. The minimum atomic E-state index is -0.732. The monoisotopic (exact) mass is 212 g/mol. The molecule has 1 atom stereocenters. The summed E-state index contributed by atoms with van der Waals surface area (Å²) in [6.45, 7) is 7.88. The van der Waals surface area contributed by atoms with Crippen molar-refractivity contribution in [2.75, 3.05) is 0 Å². The standard InChI is InChI=1S/C13H18F2/c1-5-11(8(2)3)10-6-9(4)13(15)12(14)7-10/h6-8,11H,5H2,1-4H3. The van der Waals surface area contributed by atoms with E-state index < -0.39 is 11.6 Å². The normalized spacial score (nSPS) is 13.3. The van der Waals surface area contributed by atoms with Crippen LogP contribution < -0.4 is 0 Å². The maximum atomic E-state index is 13.2. The fraction of sp³-hybridized carbons (Fsp3) is 0.538. The Morgan fingerprint density at radius 1 is 1.20 bits per heavy atom. The number of hydrogen-bond acceptors (Lipinski definition) is 0. The van der Waals surface area contributed by atoms with Crippen LogP contribution in [0.25, 0.3) is 0 Å². The zero-order valence-corrected chi connectivity index (χ0v) is 9.77. The van der Waals surface area contributed by atoms with Gasteiger partial charge in [-0.2, -0.15) is 0 Å². The van der Waals surface area contributed by atoms with Crippen molar-refractivity contribution in [3.05, 3.63) is 34.9 Å². The second kappa shape index (κ2) is 4.73. The summed E-state index contributed by atoms with van der Waals surface area (Å²) >= 11 is 0. The Hall–Kier alpha value is -0.920. The van der Waals surface area contributed by atoms with Crippen LogP contribution in [0.15, 0.2) is 12.1 Å². The average Bonchev–Trinajstić information content (AvgIpc) is 2.14. The maximum Gasteiger partial charge on any atom is 0.161 e. The van der Waals surface area contributed by atoms with Crippen molar-refractivity contribution in [1.82, 2.24) is 0 Å². The molecule has 1 aromatic rings. The molecule has 0 saturated heterocycles. The van der Waals surface area contributed by atoms with Gasteiger partial charge in [-0.05, 0) is 42.4 Å². The van der Waals surface area contributed by atoms with Gasteiger partial charge in [-0.3, -0.25) is 0 Å². The summed E-state index contributed by atoms with van der Waals surface area (Å²) in [5.74, 6) is -0.709. The van der Waals surface area contributed by atoms with E-state index in [1.165, 1.54) is 6.07 Å². The first-order valence-corrected chi connectivity index (χ1v) is 5.42. The van der Waals surface area contributed by atoms with Gasteiger partial charge >= 0.3 is 0 Å². The van der Waals surface area contributed by atoms with Gasteiger partial charge in [-0.15, -0.1) is 0 Å². The first-order chi connectivity index (χ1) is 6.97. The van der Waals surface area contributed by atoms with Crippen LogP contribution in [0.1, 0.15) is 44.2 Å². The minimum Gasteiger partial charge on any atom is -0.204 e. The van der Waals surface area contributed by atoms with Crippen LogP contribution in [-0.4, -0.2) is 0 Å². The molecule has 0 nitrogen and oxygen atoms in total. The lowest BCUT2D eigenvalue weighted by Crippen LogP contribution is -2.07. The third-order valence-corrected chi connectivity index (χ3v) is 2.91. The molecule has 84 valence electrons. The van der Waals surface area contributed by atoms with E-state index in [0.717, 1.165) is 12.0 Å². The van der Waals surface area contributed by atoms with Gasteiger partial charge in [-0.1, -0.05) is 26.8 Å². The molecule has 0 aliphatic carbocycles. The quantitative estimate of drug-likeness (QED) is 0.695. The SMILES string of the molecule is CCC(c1cc(C)c(F)c(F)c1)C(C)C. The highest BCUT2D eigenvalue weighted by Gasteiger charge is 2.17. The van der Waals surface area contributed by atoms with E-state index in [2.05, 4.69) is 20.8 Å². The zero-order chi connectivity index (χ0) is 11.6. The molecule has 0 aliphatic heterocycles. The third kappa shape index (κ3) is 2.55. The highest BCUT2D eigenvalue weighted by atomic mass is 19.2. The van der Waals surface area contributed by atoms with Gasteiger partial charge in [0, 0.05) is 0 Å². The predicted molar refractivity (Wildman–Crippen MR) is 59.0 cm³/mol. The lowest BCUT2D eigenvalue weighted by molar-refractivity contribution is 0.469. The average molecular weight is 212 g/mol. The number of benzene rings is 1. The van der Waals surface area contributed by atoms with Crippen molar-refractivity contribution in [3.63, 3.8) is 0 Å². The topological polar surface area (TPSA) is 0 Å². The van der Waals surface area contributed by atoms with Gasteiger partial charge in [0.05, 0.1) is 0 Å². The molecule has 2 heteroatoms. The third-order valence-electron chi connectivity index (χ3n) is 2.91. The molecule has 1 unspecified atom stereocenters. The Morgan fingerprint density at radius 2 is 1.80 bits per heavy atom. The molecule has 15 heavy (non-hydrogen) atoms. The van der Waals surface area contributed by atoms with Crippen molar-refractivity contribution in [2.24, 2.45) is 5.92 Å². The summed E-state index contributed by atoms with van der Waals surface area (Å²) in [6, 6.07) is 3.09. The van der Waals surface area contributed by atoms with Gasteiger partial charge < -0.3 is 0 Å². The Labute approximate surface area is 90.3 Å². The summed E-state index contributed by atoms with van der Waals surface area (Å²) in [6.07, 6.45) is 0.947. The minimum absolute atomic E-state index is 0.304. The molecule has 0 radical (unpaired) electrons. The molecule has 0 spiro atoms. The smallest absolute Gasteiger partial charge is 0.161 e. The number of halogens is 2. The van der Waals surface area contributed by atoms with Crippen molar-refractivity contribution < 1.29 is 8.78 Å². The fourth-order valence-electron chi connectivity index (χ4n) is 2.06. The van der Waals surface area contributed by atoms with Gasteiger partial charge in [0.25, 0.3) is 0 Å². The molecule has 0 heterocycles. The molecule has 0 saturated carbocycles. The number of hydrogen-bond donors (Lipinski definition) is 0. The Balaban J connectivity index is 3.14. The van der Waals surface area contributed by atoms with Crippen molar-refractivity contribution >= 4 is 0 Å². The van der Waals surface area contributed by atoms with Gasteiger partial charge in [-0.25, -0.2) is 8.78 Å². The Bertz CT molecular complexity index is 319. The molecule has 0 fully saturated rings. The molecule has 0 aliphatic rings. The van der Waals surface area contributed by atoms with Gasteiger partial charge in [0.1, 0.15) is 0 Å². The van der Waals surface area contributed by atoms with Crippen molar-refractivity contribution in [1.29, 1.82) is 0 Å². The summed E-state index contributed by atoms with van der Waals surface area (Å²) in [4.78, 5) is 0. The van der Waals surface area contributed by atoms with E-state index in [9.17, 15) is 8.78 Å². The van der Waals surface area contributed by atoms with Crippen LogP contribution in [0.4, 0.5) is 8.78 Å². The van der Waals surface area contributed by atoms with Crippen molar-refractivity contribution in [3.8, 4) is 0 Å². The second-order valence-corrected chi connectivity index (χ2v) is 4.39. The van der Waals surface area contributed by atoms with E-state index in [1.807, 2.05) is 0 Å². The van der Waals surface area contributed by atoms with Crippen LogP contribution in [0.5, 0.6) is 0 Å². The Morgan fingerprint density at radius 3 is 2.20 bits per heavy atom. The molecule has 0 N–H and O–H groups in total. The number of rotatable bonds is 3. The van der Waals surface area contributed by atoms with Crippen molar-refractivity contribution in [2.45, 2.75) is 40.0 Å². The highest BCUT2D eigenvalue weighted by molar-refractivity contribution is 5.28. The molecule has 0 amide bonds. The van der Waals surface area contributed by atoms with Gasteiger partial charge in [0.15, 0.2) is 11.6 Å². The van der Waals surface area contributed by atoms with Crippen LogP contribution >= 0.6 is 0 Å². The van der Waals surface area contributed by atoms with E-state index in [-0.39, 0.29) is 0 Å². The van der Waals surface area contributed by atoms with E-state index in [1.54, 1.807) is 13.0 Å². The van der Waals surface area contributed by atoms with Gasteiger partial charge in [0.2, 0.25) is 0 Å². The first-order valence-electron chi connectivity index (χ1n) is 5.42. The summed E-state index contributed by atoms with van der Waals surface area (Å²) < 4.78 is 26.3. The van der Waals surface area contributed by atoms with Crippen LogP contribution in [0.2, 0.25) is 0 Å².